The highest BCUT2D eigenvalue weighted by Gasteiger charge is 2.06. The van der Waals surface area contributed by atoms with Crippen molar-refractivity contribution in [3.63, 3.8) is 0 Å². The molecule has 0 heterocycles. The highest BCUT2D eigenvalue weighted by molar-refractivity contribution is 8.13. The van der Waals surface area contributed by atoms with Crippen molar-refractivity contribution in [3.05, 3.63) is 30.3 Å². The number of unbranched alkanes of at least 4 members (excludes halogenated alkanes) is 1. The van der Waals surface area contributed by atoms with Gasteiger partial charge >= 0.3 is 0 Å². The molecule has 0 unspecified atom stereocenters. The van der Waals surface area contributed by atoms with Crippen LogP contribution in [0.4, 0.5) is 0 Å². The third-order valence-corrected chi connectivity index (χ3v) is 3.15. The van der Waals surface area contributed by atoms with Crippen molar-refractivity contribution in [3.8, 4) is 0 Å². The third-order valence-electron chi connectivity index (χ3n) is 1.51. The van der Waals surface area contributed by atoms with Crippen LogP contribution in [-0.2, 0) is 9.05 Å². The Morgan fingerprint density at radius 2 is 1.73 bits per heavy atom. The van der Waals surface area contributed by atoms with E-state index in [1.807, 2.05) is 0 Å². The molecule has 1 rings (SSSR count). The number of hydrogen-bond donors (Lipinski definition) is 0. The Hall–Kier alpha value is -0.250. The van der Waals surface area contributed by atoms with E-state index in [0.717, 1.165) is 12.3 Å². The van der Waals surface area contributed by atoms with Crippen molar-refractivity contribution in [1.82, 2.24) is 0 Å². The van der Waals surface area contributed by atoms with Crippen LogP contribution in [0.2, 0.25) is 0 Å². The van der Waals surface area contributed by atoms with Crippen molar-refractivity contribution in [2.24, 2.45) is 0 Å². The Morgan fingerprint density at radius 1 is 1.20 bits per heavy atom. The van der Waals surface area contributed by atoms with Gasteiger partial charge in [-0.1, -0.05) is 31.5 Å². The topological polar surface area (TPSA) is 34.1 Å². The van der Waals surface area contributed by atoms with E-state index in [9.17, 15) is 8.42 Å². The van der Waals surface area contributed by atoms with Crippen LogP contribution in [0.5, 0.6) is 0 Å². The zero-order valence-corrected chi connectivity index (χ0v) is 10.8. The molecule has 0 fully saturated rings. The highest BCUT2D eigenvalue weighted by atomic mass is 35.7. The fraction of sp³-hybridized carbons (Fsp3) is 0.400. The van der Waals surface area contributed by atoms with Gasteiger partial charge in [0.1, 0.15) is 0 Å². The number of benzene rings is 1. The van der Waals surface area contributed by atoms with Gasteiger partial charge in [0, 0.05) is 16.6 Å². The van der Waals surface area contributed by atoms with E-state index in [0.29, 0.717) is 0 Å². The fourth-order valence-electron chi connectivity index (χ4n) is 0.717. The Bertz CT molecular complexity index is 347. The molecule has 0 aliphatic carbocycles. The molecule has 0 saturated heterocycles. The molecule has 1 aromatic carbocycles. The maximum atomic E-state index is 10.6. The van der Waals surface area contributed by atoms with Gasteiger partial charge in [-0.15, -0.1) is 11.6 Å². The maximum absolute atomic E-state index is 10.6. The molecule has 0 aromatic heterocycles. The lowest BCUT2D eigenvalue weighted by Gasteiger charge is -1.91. The summed E-state index contributed by atoms with van der Waals surface area (Å²) in [4.78, 5) is 0.136. The van der Waals surface area contributed by atoms with Crippen LogP contribution in [0.1, 0.15) is 19.8 Å². The minimum Gasteiger partial charge on any atom is -0.207 e. The first kappa shape index (κ1) is 14.8. The van der Waals surface area contributed by atoms with Gasteiger partial charge in [0.25, 0.3) is 9.05 Å². The van der Waals surface area contributed by atoms with Crippen LogP contribution in [-0.4, -0.2) is 14.3 Å². The second kappa shape index (κ2) is 7.97. The predicted molar refractivity (Wildman–Crippen MR) is 65.1 cm³/mol. The predicted octanol–water partition coefficient (Wildman–Crippen LogP) is 3.64. The van der Waals surface area contributed by atoms with E-state index in [4.69, 9.17) is 22.3 Å². The smallest absolute Gasteiger partial charge is 0.207 e. The largest absolute Gasteiger partial charge is 0.261 e. The molecule has 0 N–H and O–H groups in total. The average Bonchev–Trinajstić information content (AvgIpc) is 2.20. The van der Waals surface area contributed by atoms with Gasteiger partial charge in [-0.2, -0.15) is 0 Å². The summed E-state index contributed by atoms with van der Waals surface area (Å²) >= 11 is 5.30. The van der Waals surface area contributed by atoms with E-state index < -0.39 is 9.05 Å². The van der Waals surface area contributed by atoms with Crippen LogP contribution in [0.15, 0.2) is 35.2 Å². The summed E-state index contributed by atoms with van der Waals surface area (Å²) in [7, 11) is 1.50. The van der Waals surface area contributed by atoms with Gasteiger partial charge in [0.2, 0.25) is 0 Å². The number of rotatable bonds is 3. The summed E-state index contributed by atoms with van der Waals surface area (Å²) in [5.41, 5.74) is 0. The Labute approximate surface area is 101 Å². The lowest BCUT2D eigenvalue weighted by Crippen LogP contribution is -1.87. The molecular formula is C10H14Cl2O2S. The van der Waals surface area contributed by atoms with Crippen LogP contribution in [0.3, 0.4) is 0 Å². The van der Waals surface area contributed by atoms with Crippen molar-refractivity contribution in [2.45, 2.75) is 24.7 Å². The quantitative estimate of drug-likeness (QED) is 0.620. The maximum Gasteiger partial charge on any atom is 0.261 e. The van der Waals surface area contributed by atoms with E-state index >= 15 is 0 Å². The van der Waals surface area contributed by atoms with Crippen LogP contribution < -0.4 is 0 Å². The van der Waals surface area contributed by atoms with E-state index in [1.54, 1.807) is 18.2 Å². The van der Waals surface area contributed by atoms with E-state index in [1.165, 1.54) is 18.6 Å². The summed E-state index contributed by atoms with van der Waals surface area (Å²) < 4.78 is 21.2. The van der Waals surface area contributed by atoms with Gasteiger partial charge in [-0.3, -0.25) is 0 Å². The van der Waals surface area contributed by atoms with Crippen molar-refractivity contribution < 1.29 is 8.42 Å². The van der Waals surface area contributed by atoms with Crippen LogP contribution >= 0.6 is 22.3 Å². The summed E-state index contributed by atoms with van der Waals surface area (Å²) in [5, 5.41) is 0. The van der Waals surface area contributed by atoms with Gasteiger partial charge in [0.15, 0.2) is 0 Å². The lowest BCUT2D eigenvalue weighted by molar-refractivity contribution is 0.609. The first-order chi connectivity index (χ1) is 7.02. The molecule has 86 valence electrons. The first-order valence-electron chi connectivity index (χ1n) is 4.58. The molecule has 0 radical (unpaired) electrons. The summed E-state index contributed by atoms with van der Waals surface area (Å²) in [6, 6.07) is 7.86. The number of halogens is 2. The molecule has 0 saturated carbocycles. The standard InChI is InChI=1S/C6H5ClO2S.C4H9Cl/c7-10(8,9)6-4-2-1-3-5-6;1-2-3-4-5/h1-5H;2-4H2,1H3. The molecule has 5 heteroatoms. The summed E-state index contributed by atoms with van der Waals surface area (Å²) in [6.07, 6.45) is 2.37. The van der Waals surface area contributed by atoms with Crippen molar-refractivity contribution in [2.75, 3.05) is 5.88 Å². The zero-order chi connectivity index (χ0) is 11.7. The summed E-state index contributed by atoms with van der Waals surface area (Å²) in [5.74, 6) is 0.816. The van der Waals surface area contributed by atoms with Crippen molar-refractivity contribution in [1.29, 1.82) is 0 Å². The van der Waals surface area contributed by atoms with E-state index in [2.05, 4.69) is 6.92 Å². The first-order valence-corrected chi connectivity index (χ1v) is 7.42. The number of hydrogen-bond acceptors (Lipinski definition) is 2. The van der Waals surface area contributed by atoms with Crippen LogP contribution in [0.25, 0.3) is 0 Å². The molecular weight excluding hydrogens is 255 g/mol. The Balaban J connectivity index is 0.000000336. The van der Waals surface area contributed by atoms with Crippen molar-refractivity contribution >= 4 is 31.3 Å². The summed E-state index contributed by atoms with van der Waals surface area (Å²) in [6.45, 7) is 2.13. The molecule has 1 aromatic rings. The highest BCUT2D eigenvalue weighted by Crippen LogP contribution is 2.12. The molecule has 0 spiro atoms. The van der Waals surface area contributed by atoms with Gasteiger partial charge in [-0.25, -0.2) is 8.42 Å². The molecule has 15 heavy (non-hydrogen) atoms. The minimum absolute atomic E-state index is 0.136. The molecule has 0 aliphatic heterocycles. The Kier molecular flexibility index (Phi) is 7.83. The van der Waals surface area contributed by atoms with Crippen LogP contribution in [0, 0.1) is 0 Å². The second-order valence-electron chi connectivity index (χ2n) is 2.79. The minimum atomic E-state index is -3.53. The molecule has 0 amide bonds. The van der Waals surface area contributed by atoms with Gasteiger partial charge < -0.3 is 0 Å². The normalized spacial score (nSPS) is 10.3. The lowest BCUT2D eigenvalue weighted by atomic mass is 10.4. The average molecular weight is 269 g/mol. The van der Waals surface area contributed by atoms with E-state index in [-0.39, 0.29) is 4.90 Å². The second-order valence-corrected chi connectivity index (χ2v) is 5.74. The fourth-order valence-corrected chi connectivity index (χ4v) is 1.77. The third kappa shape index (κ3) is 7.65. The number of alkyl halides is 1. The SMILES string of the molecule is CCCCCl.O=S(=O)(Cl)c1ccccc1. The Morgan fingerprint density at radius 3 is 1.93 bits per heavy atom. The van der Waals surface area contributed by atoms with Gasteiger partial charge in [-0.05, 0) is 18.6 Å². The zero-order valence-electron chi connectivity index (χ0n) is 8.49. The molecule has 0 atom stereocenters. The molecule has 0 aliphatic rings. The van der Waals surface area contributed by atoms with Gasteiger partial charge in [0.05, 0.1) is 4.90 Å². The monoisotopic (exact) mass is 268 g/mol. The molecule has 0 bridgehead atoms. The molecule has 2 nitrogen and oxygen atoms in total.